The minimum absolute atomic E-state index is 0.0663. The van der Waals surface area contributed by atoms with Crippen molar-refractivity contribution in [2.45, 2.75) is 19.8 Å². The lowest BCUT2D eigenvalue weighted by atomic mass is 9.89. The lowest BCUT2D eigenvalue weighted by molar-refractivity contribution is -0.142. The van der Waals surface area contributed by atoms with Crippen LogP contribution in [0, 0.1) is 17.3 Å². The average molecular weight is 254 g/mol. The highest BCUT2D eigenvalue weighted by atomic mass is 16.4. The van der Waals surface area contributed by atoms with Gasteiger partial charge in [0, 0.05) is 20.1 Å². The van der Waals surface area contributed by atoms with Gasteiger partial charge in [0.2, 0.25) is 11.8 Å². The molecular weight excluding hydrogens is 236 g/mol. The van der Waals surface area contributed by atoms with Gasteiger partial charge in [0.25, 0.3) is 0 Å². The quantitative estimate of drug-likeness (QED) is 0.723. The van der Waals surface area contributed by atoms with Crippen LogP contribution in [0.3, 0.4) is 0 Å². The number of carboxylic acid groups (broad SMARTS) is 1. The number of hydrogen-bond donors (Lipinski definition) is 2. The molecule has 2 aliphatic rings. The second-order valence-corrected chi connectivity index (χ2v) is 5.44. The Morgan fingerprint density at radius 2 is 2.00 bits per heavy atom. The van der Waals surface area contributed by atoms with Gasteiger partial charge in [0.1, 0.15) is 0 Å². The van der Waals surface area contributed by atoms with Crippen LogP contribution in [-0.4, -0.2) is 47.9 Å². The summed E-state index contributed by atoms with van der Waals surface area (Å²) in [7, 11) is 1.58. The first-order chi connectivity index (χ1) is 8.39. The topological polar surface area (TPSA) is 86.7 Å². The van der Waals surface area contributed by atoms with E-state index in [0.717, 1.165) is 0 Å². The number of aliphatic carboxylic acids is 1. The molecule has 100 valence electrons. The predicted octanol–water partition coefficient (Wildman–Crippen LogP) is -0.308. The van der Waals surface area contributed by atoms with Gasteiger partial charge in [0.05, 0.1) is 17.3 Å². The Balaban J connectivity index is 1.96. The van der Waals surface area contributed by atoms with Gasteiger partial charge in [-0.1, -0.05) is 0 Å². The molecule has 0 aromatic heterocycles. The van der Waals surface area contributed by atoms with E-state index in [-0.39, 0.29) is 17.7 Å². The number of nitrogens with zero attached hydrogens (tertiary/aromatic N) is 1. The van der Waals surface area contributed by atoms with Crippen LogP contribution in [0.5, 0.6) is 0 Å². The molecule has 1 aliphatic carbocycles. The maximum absolute atomic E-state index is 12.1. The number of likely N-dealkylation sites (tertiary alicyclic amines) is 1. The van der Waals surface area contributed by atoms with E-state index in [2.05, 4.69) is 5.32 Å². The molecule has 3 unspecified atom stereocenters. The Kier molecular flexibility index (Phi) is 3.04. The van der Waals surface area contributed by atoms with E-state index >= 15 is 0 Å². The van der Waals surface area contributed by atoms with E-state index in [0.29, 0.717) is 25.9 Å². The van der Waals surface area contributed by atoms with Gasteiger partial charge in [-0.2, -0.15) is 0 Å². The minimum atomic E-state index is -0.901. The lowest BCUT2D eigenvalue weighted by Crippen LogP contribution is -2.40. The first-order valence-corrected chi connectivity index (χ1v) is 6.13. The van der Waals surface area contributed by atoms with Crippen LogP contribution in [0.25, 0.3) is 0 Å². The summed E-state index contributed by atoms with van der Waals surface area (Å²) in [6.07, 6.45) is 1.06. The molecule has 1 heterocycles. The van der Waals surface area contributed by atoms with Crippen LogP contribution in [0.4, 0.5) is 0 Å². The number of amides is 2. The molecule has 18 heavy (non-hydrogen) atoms. The van der Waals surface area contributed by atoms with Crippen LogP contribution in [0.1, 0.15) is 19.8 Å². The molecule has 2 N–H and O–H groups in total. The molecule has 1 aliphatic heterocycles. The van der Waals surface area contributed by atoms with Crippen molar-refractivity contribution in [3.63, 3.8) is 0 Å². The van der Waals surface area contributed by atoms with Crippen molar-refractivity contribution in [1.82, 2.24) is 10.2 Å². The lowest BCUT2D eigenvalue weighted by Gasteiger charge is -2.22. The number of rotatable bonds is 3. The van der Waals surface area contributed by atoms with Crippen LogP contribution in [0.15, 0.2) is 0 Å². The Bertz CT molecular complexity index is 409. The molecule has 0 bridgehead atoms. The maximum Gasteiger partial charge on any atom is 0.307 e. The van der Waals surface area contributed by atoms with E-state index in [1.807, 2.05) is 6.92 Å². The highest BCUT2D eigenvalue weighted by Gasteiger charge is 2.52. The van der Waals surface area contributed by atoms with E-state index in [9.17, 15) is 14.4 Å². The summed E-state index contributed by atoms with van der Waals surface area (Å²) < 4.78 is 0. The third-order valence-corrected chi connectivity index (χ3v) is 3.99. The van der Waals surface area contributed by atoms with Crippen LogP contribution in [0.2, 0.25) is 0 Å². The van der Waals surface area contributed by atoms with Gasteiger partial charge < -0.3 is 15.3 Å². The summed E-state index contributed by atoms with van der Waals surface area (Å²) in [4.78, 5) is 36.1. The van der Waals surface area contributed by atoms with Crippen molar-refractivity contribution in [3.8, 4) is 0 Å². The van der Waals surface area contributed by atoms with Crippen LogP contribution >= 0.6 is 0 Å². The molecule has 1 saturated heterocycles. The van der Waals surface area contributed by atoms with Gasteiger partial charge in [-0.15, -0.1) is 0 Å². The fourth-order valence-electron chi connectivity index (χ4n) is 2.61. The van der Waals surface area contributed by atoms with Crippen molar-refractivity contribution < 1.29 is 19.5 Å². The molecule has 6 nitrogen and oxygen atoms in total. The van der Waals surface area contributed by atoms with E-state index in [1.165, 1.54) is 0 Å². The Morgan fingerprint density at radius 1 is 1.33 bits per heavy atom. The summed E-state index contributed by atoms with van der Waals surface area (Å²) in [6, 6.07) is 0. The SMILES string of the molecule is CNC(=O)C1(C)CCN(C(=O)C2CC2C(=O)O)C1. The monoisotopic (exact) mass is 254 g/mol. The summed E-state index contributed by atoms with van der Waals surface area (Å²) in [5, 5.41) is 11.4. The molecule has 0 radical (unpaired) electrons. The third-order valence-electron chi connectivity index (χ3n) is 3.99. The molecule has 2 fully saturated rings. The zero-order chi connectivity index (χ0) is 13.5. The van der Waals surface area contributed by atoms with Crippen molar-refractivity contribution in [2.24, 2.45) is 17.3 Å². The molecule has 0 aromatic carbocycles. The molecule has 3 atom stereocenters. The molecule has 0 spiro atoms. The number of hydrogen-bond acceptors (Lipinski definition) is 3. The highest BCUT2D eigenvalue weighted by Crippen LogP contribution is 2.42. The van der Waals surface area contributed by atoms with Crippen LogP contribution < -0.4 is 5.32 Å². The first-order valence-electron chi connectivity index (χ1n) is 6.13. The molecular formula is C12H18N2O4. The fourth-order valence-corrected chi connectivity index (χ4v) is 2.61. The molecule has 0 aromatic rings. The average Bonchev–Trinajstić information content (AvgIpc) is 3.04. The Hall–Kier alpha value is -1.59. The van der Waals surface area contributed by atoms with Gasteiger partial charge in [-0.3, -0.25) is 14.4 Å². The first kappa shape index (κ1) is 12.9. The van der Waals surface area contributed by atoms with Gasteiger partial charge in [-0.25, -0.2) is 0 Å². The standard InChI is InChI=1S/C12H18N2O4/c1-12(11(18)13-2)3-4-14(6-12)9(15)7-5-8(7)10(16)17/h7-8H,3-6H2,1-2H3,(H,13,18)(H,16,17). The van der Waals surface area contributed by atoms with E-state index in [1.54, 1.807) is 11.9 Å². The second kappa shape index (κ2) is 4.26. The molecule has 6 heteroatoms. The molecule has 2 amide bonds. The van der Waals surface area contributed by atoms with Crippen molar-refractivity contribution in [2.75, 3.05) is 20.1 Å². The summed E-state index contributed by atoms with van der Waals surface area (Å²) in [5.41, 5.74) is -0.544. The summed E-state index contributed by atoms with van der Waals surface area (Å²) in [5.74, 6) is -1.99. The number of carboxylic acids is 1. The van der Waals surface area contributed by atoms with Gasteiger partial charge in [0.15, 0.2) is 0 Å². The highest BCUT2D eigenvalue weighted by molar-refractivity contribution is 5.91. The number of nitrogens with one attached hydrogen (secondary N) is 1. The zero-order valence-electron chi connectivity index (χ0n) is 10.6. The minimum Gasteiger partial charge on any atom is -0.481 e. The van der Waals surface area contributed by atoms with Gasteiger partial charge in [-0.05, 0) is 19.8 Å². The summed E-state index contributed by atoms with van der Waals surface area (Å²) >= 11 is 0. The number of carbonyl (C=O) groups is 3. The normalized spacial score (nSPS) is 34.2. The maximum atomic E-state index is 12.1. The van der Waals surface area contributed by atoms with Gasteiger partial charge >= 0.3 is 5.97 Å². The van der Waals surface area contributed by atoms with E-state index in [4.69, 9.17) is 5.11 Å². The molecule has 2 rings (SSSR count). The largest absolute Gasteiger partial charge is 0.481 e. The smallest absolute Gasteiger partial charge is 0.307 e. The Morgan fingerprint density at radius 3 is 2.50 bits per heavy atom. The molecule has 1 saturated carbocycles. The number of carbonyl (C=O) groups excluding carboxylic acids is 2. The van der Waals surface area contributed by atoms with Crippen molar-refractivity contribution >= 4 is 17.8 Å². The zero-order valence-corrected chi connectivity index (χ0v) is 10.6. The van der Waals surface area contributed by atoms with Crippen molar-refractivity contribution in [3.05, 3.63) is 0 Å². The summed E-state index contributed by atoms with van der Waals surface area (Å²) in [6.45, 7) is 2.75. The third kappa shape index (κ3) is 2.07. The fraction of sp³-hybridized carbons (Fsp3) is 0.750. The van der Waals surface area contributed by atoms with Crippen LogP contribution in [-0.2, 0) is 14.4 Å². The predicted molar refractivity (Wildman–Crippen MR) is 62.6 cm³/mol. The van der Waals surface area contributed by atoms with Crippen molar-refractivity contribution in [1.29, 1.82) is 0 Å². The second-order valence-electron chi connectivity index (χ2n) is 5.44. The van der Waals surface area contributed by atoms with E-state index < -0.39 is 17.3 Å². The Labute approximate surface area is 105 Å².